The number of carbonyl (C=O) groups excluding carboxylic acids is 2. The molecule has 0 unspecified atom stereocenters. The van der Waals surface area contributed by atoms with Crippen LogP contribution in [0.3, 0.4) is 0 Å². The number of alkyl halides is 3. The van der Waals surface area contributed by atoms with Crippen LogP contribution in [0.2, 0.25) is 0 Å². The van der Waals surface area contributed by atoms with Crippen LogP contribution in [-0.4, -0.2) is 51.1 Å². The lowest BCUT2D eigenvalue weighted by Gasteiger charge is -2.21. The van der Waals surface area contributed by atoms with E-state index in [1.165, 1.54) is 23.4 Å². The second-order valence-electron chi connectivity index (χ2n) is 6.99. The van der Waals surface area contributed by atoms with Crippen molar-refractivity contribution in [3.05, 3.63) is 66.2 Å². The third-order valence-electron chi connectivity index (χ3n) is 4.91. The van der Waals surface area contributed by atoms with Crippen molar-refractivity contribution in [2.24, 2.45) is 0 Å². The molecule has 3 aromatic rings. The third kappa shape index (κ3) is 5.68. The molecule has 0 fully saturated rings. The van der Waals surface area contributed by atoms with Gasteiger partial charge >= 0.3 is 6.18 Å². The Hall–Kier alpha value is -3.89. The number of anilines is 2. The highest BCUT2D eigenvalue weighted by molar-refractivity contribution is 6.01. The molecule has 0 saturated heterocycles. The topological polar surface area (TPSA) is 92.2 Å². The number of benzene rings is 2. The molecule has 0 saturated carbocycles. The molecule has 11 heteroatoms. The van der Waals surface area contributed by atoms with Crippen molar-refractivity contribution in [2.75, 3.05) is 30.3 Å². The van der Waals surface area contributed by atoms with Gasteiger partial charge in [0, 0.05) is 18.8 Å². The lowest BCUT2D eigenvalue weighted by molar-refractivity contribution is -0.137. The average molecular weight is 460 g/mol. The monoisotopic (exact) mass is 460 g/mol. The highest BCUT2D eigenvalue weighted by atomic mass is 19.4. The minimum atomic E-state index is -4.58. The van der Waals surface area contributed by atoms with Gasteiger partial charge in [0.05, 0.1) is 29.0 Å². The normalized spacial score (nSPS) is 11.2. The van der Waals surface area contributed by atoms with E-state index in [9.17, 15) is 22.8 Å². The van der Waals surface area contributed by atoms with Crippen LogP contribution in [-0.2, 0) is 11.0 Å². The van der Waals surface area contributed by atoms with Crippen molar-refractivity contribution in [2.45, 2.75) is 20.0 Å². The summed E-state index contributed by atoms with van der Waals surface area (Å²) in [5.41, 5.74) is 0.0897. The highest BCUT2D eigenvalue weighted by Gasteiger charge is 2.31. The van der Waals surface area contributed by atoms with E-state index >= 15 is 0 Å². The summed E-state index contributed by atoms with van der Waals surface area (Å²) in [4.78, 5) is 30.8. The molecule has 0 atom stereocenters. The first-order chi connectivity index (χ1) is 15.7. The lowest BCUT2D eigenvalue weighted by atomic mass is 10.1. The van der Waals surface area contributed by atoms with Crippen molar-refractivity contribution in [3.63, 3.8) is 0 Å². The second-order valence-corrected chi connectivity index (χ2v) is 6.99. The Labute approximate surface area is 188 Å². The number of hydrogen-bond donors (Lipinski definition) is 2. The van der Waals surface area contributed by atoms with Crippen LogP contribution < -0.4 is 10.6 Å². The van der Waals surface area contributed by atoms with E-state index in [1.807, 2.05) is 13.8 Å². The van der Waals surface area contributed by atoms with Crippen molar-refractivity contribution in [3.8, 4) is 5.69 Å². The zero-order chi connectivity index (χ0) is 24.0. The molecular formula is C22H23F3N6O2. The Morgan fingerprint density at radius 2 is 1.79 bits per heavy atom. The van der Waals surface area contributed by atoms with Crippen molar-refractivity contribution in [1.82, 2.24) is 19.7 Å². The molecule has 0 aliphatic carbocycles. The first kappa shape index (κ1) is 23.8. The fourth-order valence-electron chi connectivity index (χ4n) is 3.22. The molecule has 0 aliphatic rings. The first-order valence-electron chi connectivity index (χ1n) is 10.2. The summed E-state index contributed by atoms with van der Waals surface area (Å²) in [6.45, 7) is 4.53. The fourth-order valence-corrected chi connectivity index (χ4v) is 3.22. The number of nitrogens with one attached hydrogen (secondary N) is 2. The molecule has 174 valence electrons. The summed E-state index contributed by atoms with van der Waals surface area (Å²) in [5.74, 6) is -0.782. The van der Waals surface area contributed by atoms with Crippen LogP contribution in [0.5, 0.6) is 0 Å². The number of amides is 2. The van der Waals surface area contributed by atoms with Gasteiger partial charge in [-0.25, -0.2) is 9.67 Å². The first-order valence-corrected chi connectivity index (χ1v) is 10.2. The van der Waals surface area contributed by atoms with E-state index in [1.54, 1.807) is 29.2 Å². The van der Waals surface area contributed by atoms with Crippen molar-refractivity contribution >= 4 is 23.2 Å². The summed E-state index contributed by atoms with van der Waals surface area (Å²) in [6.07, 6.45) is -2.04. The predicted molar refractivity (Wildman–Crippen MR) is 117 cm³/mol. The summed E-state index contributed by atoms with van der Waals surface area (Å²) in [6, 6.07) is 9.70. The zero-order valence-electron chi connectivity index (χ0n) is 18.1. The standard InChI is InChI=1S/C22H23F3N6O2/c1-3-30(4-2)21(33)16-7-5-6-8-17(16)27-12-20(32)29-18-11-15(22(23,24)25)9-10-19(18)31-14-26-13-28-31/h5-11,13-14,27H,3-4,12H2,1-2H3,(H,29,32). The maximum atomic E-state index is 13.2. The fraction of sp³-hybridized carbons (Fsp3) is 0.273. The molecule has 2 N–H and O–H groups in total. The lowest BCUT2D eigenvalue weighted by Crippen LogP contribution is -2.31. The molecule has 0 aliphatic heterocycles. The van der Waals surface area contributed by atoms with Gasteiger partial charge in [0.15, 0.2) is 0 Å². The van der Waals surface area contributed by atoms with E-state index in [0.29, 0.717) is 24.3 Å². The summed E-state index contributed by atoms with van der Waals surface area (Å²) < 4.78 is 40.8. The average Bonchev–Trinajstić information content (AvgIpc) is 3.32. The molecule has 0 radical (unpaired) electrons. The quantitative estimate of drug-likeness (QED) is 0.533. The molecule has 1 heterocycles. The Morgan fingerprint density at radius 3 is 2.42 bits per heavy atom. The predicted octanol–water partition coefficient (Wildman–Crippen LogP) is 3.82. The molecule has 8 nitrogen and oxygen atoms in total. The third-order valence-corrected chi connectivity index (χ3v) is 4.91. The van der Waals surface area contributed by atoms with Gasteiger partial charge in [-0.1, -0.05) is 12.1 Å². The molecule has 0 spiro atoms. The highest BCUT2D eigenvalue weighted by Crippen LogP contribution is 2.33. The van der Waals surface area contributed by atoms with Gasteiger partial charge < -0.3 is 15.5 Å². The van der Waals surface area contributed by atoms with E-state index in [0.717, 1.165) is 12.1 Å². The molecule has 3 rings (SSSR count). The van der Waals surface area contributed by atoms with E-state index in [4.69, 9.17) is 0 Å². The minimum absolute atomic E-state index is 0.0744. The number of hydrogen-bond acceptors (Lipinski definition) is 5. The van der Waals surface area contributed by atoms with Crippen LogP contribution in [0, 0.1) is 0 Å². The van der Waals surface area contributed by atoms with Crippen LogP contribution >= 0.6 is 0 Å². The molecular weight excluding hydrogens is 437 g/mol. The van der Waals surface area contributed by atoms with Crippen molar-refractivity contribution in [1.29, 1.82) is 0 Å². The SMILES string of the molecule is CCN(CC)C(=O)c1ccccc1NCC(=O)Nc1cc(C(F)(F)F)ccc1-n1cncn1. The second kappa shape index (κ2) is 10.2. The van der Waals surface area contributed by atoms with Gasteiger partial charge in [-0.05, 0) is 44.2 Å². The smallest absolute Gasteiger partial charge is 0.376 e. The summed E-state index contributed by atoms with van der Waals surface area (Å²) in [7, 11) is 0. The van der Waals surface area contributed by atoms with Crippen LogP contribution in [0.1, 0.15) is 29.8 Å². The van der Waals surface area contributed by atoms with Gasteiger partial charge in [0.2, 0.25) is 5.91 Å². The molecule has 0 bridgehead atoms. The Morgan fingerprint density at radius 1 is 1.06 bits per heavy atom. The Kier molecular flexibility index (Phi) is 7.31. The molecule has 2 aromatic carbocycles. The van der Waals surface area contributed by atoms with Gasteiger partial charge in [-0.2, -0.15) is 18.3 Å². The number of aromatic nitrogens is 3. The van der Waals surface area contributed by atoms with Gasteiger partial charge in [-0.3, -0.25) is 9.59 Å². The number of halogens is 3. The minimum Gasteiger partial charge on any atom is -0.376 e. The summed E-state index contributed by atoms with van der Waals surface area (Å²) in [5, 5.41) is 9.31. The maximum Gasteiger partial charge on any atom is 0.416 e. The number of nitrogens with zero attached hydrogens (tertiary/aromatic N) is 4. The number of rotatable bonds is 8. The maximum absolute atomic E-state index is 13.2. The molecule has 1 aromatic heterocycles. The van der Waals surface area contributed by atoms with Gasteiger partial charge in [0.25, 0.3) is 5.91 Å². The largest absolute Gasteiger partial charge is 0.416 e. The number of carbonyl (C=O) groups is 2. The van der Waals surface area contributed by atoms with Crippen molar-refractivity contribution < 1.29 is 22.8 Å². The summed E-state index contributed by atoms with van der Waals surface area (Å²) >= 11 is 0. The number of para-hydroxylation sites is 1. The Bertz CT molecular complexity index is 1110. The van der Waals surface area contributed by atoms with E-state index in [2.05, 4.69) is 20.7 Å². The van der Waals surface area contributed by atoms with E-state index in [-0.39, 0.29) is 23.8 Å². The molecule has 2 amide bonds. The zero-order valence-corrected chi connectivity index (χ0v) is 18.1. The van der Waals surface area contributed by atoms with Crippen LogP contribution in [0.4, 0.5) is 24.5 Å². The van der Waals surface area contributed by atoms with Crippen LogP contribution in [0.15, 0.2) is 55.1 Å². The van der Waals surface area contributed by atoms with Gasteiger partial charge in [-0.15, -0.1) is 0 Å². The van der Waals surface area contributed by atoms with Crippen LogP contribution in [0.25, 0.3) is 5.69 Å². The Balaban J connectivity index is 1.79. The van der Waals surface area contributed by atoms with E-state index < -0.39 is 17.6 Å². The van der Waals surface area contributed by atoms with Gasteiger partial charge in [0.1, 0.15) is 12.7 Å². The molecule has 33 heavy (non-hydrogen) atoms.